The molecule has 0 spiro atoms. The highest BCUT2D eigenvalue weighted by Crippen LogP contribution is 2.10. The van der Waals surface area contributed by atoms with Gasteiger partial charge in [0.05, 0.1) is 0 Å². The van der Waals surface area contributed by atoms with E-state index in [2.05, 4.69) is 16.2 Å². The van der Waals surface area contributed by atoms with Gasteiger partial charge >= 0.3 is 0 Å². The van der Waals surface area contributed by atoms with Crippen LogP contribution in [-0.2, 0) is 0 Å². The molecule has 7 heavy (non-hydrogen) atoms. The first-order valence-electron chi connectivity index (χ1n) is 2.82. The second kappa shape index (κ2) is 6.86. The molecule has 0 aromatic rings. The van der Waals surface area contributed by atoms with E-state index in [4.69, 9.17) is 0 Å². The van der Waals surface area contributed by atoms with Gasteiger partial charge in [-0.3, -0.25) is 0 Å². The Balaban J connectivity index is 2.45. The highest BCUT2D eigenvalue weighted by atomic mass is 31.1. The average molecular weight is 136 g/mol. The van der Waals surface area contributed by atoms with Gasteiger partial charge in [0, 0.05) is 0 Å². The van der Waals surface area contributed by atoms with Crippen molar-refractivity contribution >= 4 is 17.8 Å². The van der Waals surface area contributed by atoms with Crippen LogP contribution in [-0.4, -0.2) is 18.5 Å². The van der Waals surface area contributed by atoms with Crippen LogP contribution in [0.3, 0.4) is 0 Å². The minimum Gasteiger partial charge on any atom is -0.137 e. The van der Waals surface area contributed by atoms with Crippen molar-refractivity contribution in [2.24, 2.45) is 0 Å². The fraction of sp³-hybridized carbons (Fsp3) is 1.00. The molecular weight excluding hydrogens is 122 g/mol. The molecule has 0 aliphatic heterocycles. The Morgan fingerprint density at radius 1 is 1.43 bits per heavy atom. The van der Waals surface area contributed by atoms with Crippen molar-refractivity contribution in [1.29, 1.82) is 0 Å². The van der Waals surface area contributed by atoms with Crippen molar-refractivity contribution in [3.8, 4) is 0 Å². The maximum atomic E-state index is 2.76. The molecule has 2 atom stereocenters. The summed E-state index contributed by atoms with van der Waals surface area (Å²) >= 11 is 0. The molecule has 0 fully saturated rings. The van der Waals surface area contributed by atoms with Gasteiger partial charge in [-0.2, -0.15) is 0 Å². The first-order valence-corrected chi connectivity index (χ1v) is 5.05. The second-order valence-corrected chi connectivity index (χ2v) is 3.62. The van der Waals surface area contributed by atoms with E-state index in [1.54, 1.807) is 0 Å². The van der Waals surface area contributed by atoms with E-state index in [9.17, 15) is 0 Å². The highest BCUT2D eigenvalue weighted by Gasteiger charge is 1.79. The van der Waals surface area contributed by atoms with Crippen LogP contribution in [0, 0.1) is 0 Å². The summed E-state index contributed by atoms with van der Waals surface area (Å²) in [7, 11) is 3.97. The number of hydrogen-bond acceptors (Lipinski definition) is 0. The molecule has 0 amide bonds. The van der Waals surface area contributed by atoms with Gasteiger partial charge in [-0.1, -0.05) is 13.3 Å². The molecule has 0 aliphatic rings. The Bertz CT molecular complexity index is 25.3. The van der Waals surface area contributed by atoms with E-state index >= 15 is 0 Å². The summed E-state index contributed by atoms with van der Waals surface area (Å²) in [4.78, 5) is 0. The van der Waals surface area contributed by atoms with Crippen molar-refractivity contribution < 1.29 is 0 Å². The minimum absolute atomic E-state index is 1.21. The van der Waals surface area contributed by atoms with Gasteiger partial charge in [0.1, 0.15) is 0 Å². The lowest BCUT2D eigenvalue weighted by atomic mass is 10.6. The normalized spacial score (nSPS) is 11.1. The molecule has 0 N–H and O–H groups in total. The third kappa shape index (κ3) is 6.86. The van der Waals surface area contributed by atoms with E-state index < -0.39 is 0 Å². The van der Waals surface area contributed by atoms with Crippen LogP contribution in [0.25, 0.3) is 0 Å². The van der Waals surface area contributed by atoms with Crippen molar-refractivity contribution in [2.45, 2.75) is 13.3 Å². The third-order valence-corrected chi connectivity index (χ3v) is 3.11. The van der Waals surface area contributed by atoms with Crippen LogP contribution in [0.2, 0.25) is 0 Å². The Morgan fingerprint density at radius 3 is 2.57 bits per heavy atom. The van der Waals surface area contributed by atoms with Gasteiger partial charge in [-0.05, 0) is 18.5 Å². The quantitative estimate of drug-likeness (QED) is 0.409. The average Bonchev–Trinajstić information content (AvgIpc) is 1.69. The fourth-order valence-corrected chi connectivity index (χ4v) is 1.82. The largest absolute Gasteiger partial charge is 0.137 e. The van der Waals surface area contributed by atoms with Crippen LogP contribution >= 0.6 is 17.8 Å². The number of rotatable bonds is 4. The molecule has 0 rings (SSSR count). The van der Waals surface area contributed by atoms with Gasteiger partial charge < -0.3 is 0 Å². The molecule has 0 aromatic carbocycles. The number of hydrogen-bond donors (Lipinski definition) is 0. The first kappa shape index (κ1) is 7.86. The van der Waals surface area contributed by atoms with Gasteiger partial charge in [-0.25, -0.2) is 0 Å². The molecule has 0 aromatic heterocycles. The van der Waals surface area contributed by atoms with Crippen molar-refractivity contribution in [3.63, 3.8) is 0 Å². The van der Waals surface area contributed by atoms with E-state index in [-0.39, 0.29) is 0 Å². The van der Waals surface area contributed by atoms with Gasteiger partial charge in [0.25, 0.3) is 0 Å². The maximum absolute atomic E-state index is 2.76. The van der Waals surface area contributed by atoms with Crippen LogP contribution in [0.15, 0.2) is 0 Å². The molecule has 0 aliphatic carbocycles. The summed E-state index contributed by atoms with van der Waals surface area (Å²) in [6.45, 7) is 2.25. The van der Waals surface area contributed by atoms with Crippen molar-refractivity contribution in [2.75, 3.05) is 18.5 Å². The summed E-state index contributed by atoms with van der Waals surface area (Å²) in [5.41, 5.74) is 0. The van der Waals surface area contributed by atoms with Gasteiger partial charge in [-0.15, -0.1) is 17.8 Å². The zero-order chi connectivity index (χ0) is 5.54. The summed E-state index contributed by atoms with van der Waals surface area (Å²) in [6.07, 6.45) is 5.51. The molecule has 0 heterocycles. The smallest absolute Gasteiger partial charge is 0.0319 e. The molecular formula is C5H14P2. The SMILES string of the molecule is CCCPCCP. The van der Waals surface area contributed by atoms with Crippen LogP contribution < -0.4 is 0 Å². The van der Waals surface area contributed by atoms with Crippen LogP contribution in [0.5, 0.6) is 0 Å². The lowest BCUT2D eigenvalue weighted by Gasteiger charge is -1.91. The summed E-state index contributed by atoms with van der Waals surface area (Å²) in [5, 5.41) is 0. The molecule has 0 nitrogen and oxygen atoms in total. The zero-order valence-electron chi connectivity index (χ0n) is 4.91. The van der Waals surface area contributed by atoms with Gasteiger partial charge in [0.15, 0.2) is 0 Å². The Kier molecular flexibility index (Phi) is 7.70. The molecule has 44 valence electrons. The summed E-state index contributed by atoms with van der Waals surface area (Å²) in [5.74, 6) is 0. The fourth-order valence-electron chi connectivity index (χ4n) is 0.404. The third-order valence-electron chi connectivity index (χ3n) is 0.748. The van der Waals surface area contributed by atoms with Crippen LogP contribution in [0.1, 0.15) is 13.3 Å². The molecule has 2 unspecified atom stereocenters. The standard InChI is InChI=1S/C5H14P2/c1-2-4-7-5-3-6/h7H,2-6H2,1H3. The zero-order valence-corrected chi connectivity index (χ0v) is 7.06. The topological polar surface area (TPSA) is 0 Å². The monoisotopic (exact) mass is 136 g/mol. The lowest BCUT2D eigenvalue weighted by molar-refractivity contribution is 1.10. The molecule has 0 radical (unpaired) electrons. The Hall–Kier alpha value is 0.860. The van der Waals surface area contributed by atoms with E-state index in [1.807, 2.05) is 0 Å². The molecule has 0 saturated heterocycles. The van der Waals surface area contributed by atoms with E-state index in [0.717, 1.165) is 0 Å². The van der Waals surface area contributed by atoms with E-state index in [0.29, 0.717) is 0 Å². The summed E-state index contributed by atoms with van der Waals surface area (Å²) < 4.78 is 0. The minimum atomic E-state index is 1.21. The maximum Gasteiger partial charge on any atom is -0.0319 e. The van der Waals surface area contributed by atoms with Crippen molar-refractivity contribution in [1.82, 2.24) is 0 Å². The molecule has 0 bridgehead atoms. The highest BCUT2D eigenvalue weighted by molar-refractivity contribution is 7.38. The first-order chi connectivity index (χ1) is 3.41. The van der Waals surface area contributed by atoms with E-state index in [1.165, 1.54) is 33.5 Å². The molecule has 0 saturated carbocycles. The predicted octanol–water partition coefficient (Wildman–Crippen LogP) is 1.95. The Morgan fingerprint density at radius 2 is 2.14 bits per heavy atom. The summed E-state index contributed by atoms with van der Waals surface area (Å²) in [6, 6.07) is 0. The second-order valence-electron chi connectivity index (χ2n) is 1.54. The Labute approximate surface area is 50.4 Å². The predicted molar refractivity (Wildman–Crippen MR) is 42.9 cm³/mol. The molecule has 2 heteroatoms. The lowest BCUT2D eigenvalue weighted by Crippen LogP contribution is -1.76. The van der Waals surface area contributed by atoms with Gasteiger partial charge in [0.2, 0.25) is 0 Å². The van der Waals surface area contributed by atoms with Crippen molar-refractivity contribution in [3.05, 3.63) is 0 Å². The van der Waals surface area contributed by atoms with Crippen LogP contribution in [0.4, 0.5) is 0 Å².